The van der Waals surface area contributed by atoms with Crippen LogP contribution in [0.4, 0.5) is 5.00 Å². The van der Waals surface area contributed by atoms with Crippen LogP contribution in [0.2, 0.25) is 0 Å². The first-order valence-corrected chi connectivity index (χ1v) is 6.01. The van der Waals surface area contributed by atoms with Gasteiger partial charge in [-0.3, -0.25) is 9.59 Å². The van der Waals surface area contributed by atoms with E-state index in [-0.39, 0.29) is 11.7 Å². The largest absolute Gasteiger partial charge is 0.313 e. The van der Waals surface area contributed by atoms with Gasteiger partial charge in [0.25, 0.3) is 5.91 Å². The van der Waals surface area contributed by atoms with Gasteiger partial charge < -0.3 is 5.32 Å². The molecule has 1 N–H and O–H groups in total. The number of benzene rings is 1. The highest BCUT2D eigenvalue weighted by Gasteiger charge is 2.12. The van der Waals surface area contributed by atoms with E-state index >= 15 is 0 Å². The molecule has 2 aromatic rings. The van der Waals surface area contributed by atoms with Gasteiger partial charge in [-0.2, -0.15) is 0 Å². The van der Waals surface area contributed by atoms with E-state index < -0.39 is 0 Å². The molecule has 86 valence electrons. The summed E-state index contributed by atoms with van der Waals surface area (Å²) in [6, 6.07) is 10.6. The molecule has 0 saturated heterocycles. The van der Waals surface area contributed by atoms with E-state index in [4.69, 9.17) is 0 Å². The van der Waals surface area contributed by atoms with Crippen LogP contribution in [-0.2, 0) is 0 Å². The second-order valence-electron chi connectivity index (χ2n) is 3.54. The number of hydrogen-bond donors (Lipinski definition) is 1. The summed E-state index contributed by atoms with van der Waals surface area (Å²) in [5.41, 5.74) is 1.13. The van der Waals surface area contributed by atoms with Crippen molar-refractivity contribution in [2.45, 2.75) is 6.92 Å². The summed E-state index contributed by atoms with van der Waals surface area (Å²) >= 11 is 1.35. The summed E-state index contributed by atoms with van der Waals surface area (Å²) in [4.78, 5) is 23.2. The lowest BCUT2D eigenvalue weighted by Gasteiger charge is -2.04. The van der Waals surface area contributed by atoms with Crippen LogP contribution >= 0.6 is 11.3 Å². The maximum atomic E-state index is 11.9. The van der Waals surface area contributed by atoms with E-state index in [1.54, 1.807) is 35.7 Å². The van der Waals surface area contributed by atoms with E-state index in [0.29, 0.717) is 16.1 Å². The fourth-order valence-corrected chi connectivity index (χ4v) is 2.28. The predicted molar refractivity (Wildman–Crippen MR) is 68.7 cm³/mol. The molecule has 17 heavy (non-hydrogen) atoms. The lowest BCUT2D eigenvalue weighted by molar-refractivity contribution is 0.101. The summed E-state index contributed by atoms with van der Waals surface area (Å²) < 4.78 is 0. The Morgan fingerprint density at radius 2 is 1.82 bits per heavy atom. The van der Waals surface area contributed by atoms with Crippen LogP contribution in [0.25, 0.3) is 0 Å². The normalized spacial score (nSPS) is 9.94. The lowest BCUT2D eigenvalue weighted by Crippen LogP contribution is -2.12. The molecule has 1 amide bonds. The number of carbonyl (C=O) groups excluding carboxylic acids is 2. The van der Waals surface area contributed by atoms with Crippen molar-refractivity contribution in [1.29, 1.82) is 0 Å². The number of Topliss-reactive ketones (excluding diaryl/α,β-unsaturated/α-hetero) is 1. The topological polar surface area (TPSA) is 46.2 Å². The molecule has 1 aromatic carbocycles. The maximum absolute atomic E-state index is 11.9. The number of amides is 1. The smallest absolute Gasteiger partial charge is 0.256 e. The molecule has 4 heteroatoms. The zero-order valence-electron chi connectivity index (χ0n) is 9.27. The van der Waals surface area contributed by atoms with E-state index in [0.717, 1.165) is 0 Å². The van der Waals surface area contributed by atoms with Crippen LogP contribution in [0.15, 0.2) is 41.8 Å². The zero-order chi connectivity index (χ0) is 12.3. The molecule has 2 rings (SSSR count). The minimum absolute atomic E-state index is 0.0467. The number of thiophene rings is 1. The first-order valence-electron chi connectivity index (χ1n) is 5.13. The highest BCUT2D eigenvalue weighted by Crippen LogP contribution is 2.24. The molecule has 0 atom stereocenters. The van der Waals surface area contributed by atoms with Gasteiger partial charge in [0.2, 0.25) is 0 Å². The van der Waals surface area contributed by atoms with E-state index in [1.165, 1.54) is 18.3 Å². The molecular formula is C13H11NO2S. The SMILES string of the molecule is CC(=O)c1ccsc1NC(=O)c1ccccc1. The third-order valence-corrected chi connectivity index (χ3v) is 3.14. The van der Waals surface area contributed by atoms with Crippen molar-refractivity contribution in [1.82, 2.24) is 0 Å². The van der Waals surface area contributed by atoms with Gasteiger partial charge >= 0.3 is 0 Å². The van der Waals surface area contributed by atoms with Gasteiger partial charge in [-0.25, -0.2) is 0 Å². The first-order chi connectivity index (χ1) is 8.18. The first kappa shape index (κ1) is 11.5. The van der Waals surface area contributed by atoms with Crippen LogP contribution < -0.4 is 5.32 Å². The van der Waals surface area contributed by atoms with Crippen LogP contribution in [0.1, 0.15) is 27.6 Å². The highest BCUT2D eigenvalue weighted by molar-refractivity contribution is 7.14. The van der Waals surface area contributed by atoms with Crippen molar-refractivity contribution in [3.8, 4) is 0 Å². The quantitative estimate of drug-likeness (QED) is 0.844. The average Bonchev–Trinajstić information content (AvgIpc) is 2.78. The van der Waals surface area contributed by atoms with Crippen LogP contribution in [0, 0.1) is 0 Å². The van der Waals surface area contributed by atoms with Gasteiger partial charge in [0.05, 0.1) is 5.56 Å². The molecule has 0 bridgehead atoms. The molecule has 0 spiro atoms. The average molecular weight is 245 g/mol. The molecule has 0 aliphatic carbocycles. The summed E-state index contributed by atoms with van der Waals surface area (Å²) in [5, 5.41) is 5.14. The van der Waals surface area contributed by atoms with E-state index in [1.807, 2.05) is 6.07 Å². The monoisotopic (exact) mass is 245 g/mol. The van der Waals surface area contributed by atoms with Crippen LogP contribution in [0.3, 0.4) is 0 Å². The van der Waals surface area contributed by atoms with Crippen molar-refractivity contribution in [3.63, 3.8) is 0 Å². The molecule has 3 nitrogen and oxygen atoms in total. The van der Waals surface area contributed by atoms with Gasteiger partial charge in [0, 0.05) is 5.56 Å². The van der Waals surface area contributed by atoms with Gasteiger partial charge in [-0.15, -0.1) is 11.3 Å². The Balaban J connectivity index is 2.19. The van der Waals surface area contributed by atoms with Gasteiger partial charge in [-0.1, -0.05) is 18.2 Å². The summed E-state index contributed by atoms with van der Waals surface area (Å²) in [7, 11) is 0. The van der Waals surface area contributed by atoms with Crippen molar-refractivity contribution in [2.24, 2.45) is 0 Å². The lowest BCUT2D eigenvalue weighted by atomic mass is 10.2. The molecule has 0 radical (unpaired) electrons. The third-order valence-electron chi connectivity index (χ3n) is 2.31. The second-order valence-corrected chi connectivity index (χ2v) is 4.46. The molecule has 0 fully saturated rings. The fourth-order valence-electron chi connectivity index (χ4n) is 1.45. The molecule has 0 unspecified atom stereocenters. The minimum atomic E-state index is -0.199. The Bertz CT molecular complexity index is 546. The van der Waals surface area contributed by atoms with E-state index in [2.05, 4.69) is 5.32 Å². The number of rotatable bonds is 3. The van der Waals surface area contributed by atoms with E-state index in [9.17, 15) is 9.59 Å². The van der Waals surface area contributed by atoms with Gasteiger partial charge in [-0.05, 0) is 30.5 Å². The molecular weight excluding hydrogens is 234 g/mol. The number of ketones is 1. The number of nitrogens with one attached hydrogen (secondary N) is 1. The predicted octanol–water partition coefficient (Wildman–Crippen LogP) is 3.20. The van der Waals surface area contributed by atoms with Crippen LogP contribution in [0.5, 0.6) is 0 Å². The van der Waals surface area contributed by atoms with Crippen molar-refractivity contribution >= 4 is 28.0 Å². The Kier molecular flexibility index (Phi) is 3.35. The third kappa shape index (κ3) is 2.60. The molecule has 1 aromatic heterocycles. The second kappa shape index (κ2) is 4.93. The Morgan fingerprint density at radius 1 is 1.12 bits per heavy atom. The summed E-state index contributed by atoms with van der Waals surface area (Å²) in [6.07, 6.45) is 0. The highest BCUT2D eigenvalue weighted by atomic mass is 32.1. The van der Waals surface area contributed by atoms with Crippen molar-refractivity contribution in [3.05, 3.63) is 52.9 Å². The number of carbonyl (C=O) groups is 2. The van der Waals surface area contributed by atoms with Gasteiger partial charge in [0.15, 0.2) is 5.78 Å². The minimum Gasteiger partial charge on any atom is -0.313 e. The molecule has 0 saturated carbocycles. The maximum Gasteiger partial charge on any atom is 0.256 e. The van der Waals surface area contributed by atoms with Crippen LogP contribution in [-0.4, -0.2) is 11.7 Å². The number of anilines is 1. The zero-order valence-corrected chi connectivity index (χ0v) is 10.1. The van der Waals surface area contributed by atoms with Crippen molar-refractivity contribution in [2.75, 3.05) is 5.32 Å². The summed E-state index contributed by atoms with van der Waals surface area (Å²) in [6.45, 7) is 1.49. The summed E-state index contributed by atoms with van der Waals surface area (Å²) in [5.74, 6) is -0.245. The van der Waals surface area contributed by atoms with Gasteiger partial charge in [0.1, 0.15) is 5.00 Å². The Labute approximate surface area is 103 Å². The standard InChI is InChI=1S/C13H11NO2S/c1-9(15)11-7-8-17-13(11)14-12(16)10-5-3-2-4-6-10/h2-8H,1H3,(H,14,16). The molecule has 1 heterocycles. The molecule has 0 aliphatic heterocycles. The Hall–Kier alpha value is -1.94. The van der Waals surface area contributed by atoms with Crippen molar-refractivity contribution < 1.29 is 9.59 Å². The Morgan fingerprint density at radius 3 is 2.47 bits per heavy atom. The molecule has 0 aliphatic rings. The number of hydrogen-bond acceptors (Lipinski definition) is 3. The fraction of sp³-hybridized carbons (Fsp3) is 0.0769.